The van der Waals surface area contributed by atoms with Gasteiger partial charge in [-0.2, -0.15) is 26.3 Å². The van der Waals surface area contributed by atoms with E-state index < -0.39 is 58.6 Å². The molecular weight excluding hydrogens is 721 g/mol. The van der Waals surface area contributed by atoms with Crippen molar-refractivity contribution >= 4 is 11.9 Å². The number of carbonyl (C=O) groups excluding carboxylic acids is 1. The van der Waals surface area contributed by atoms with Crippen LogP contribution in [0.25, 0.3) is 0 Å². The maximum absolute atomic E-state index is 13.4. The van der Waals surface area contributed by atoms with Crippen molar-refractivity contribution in [2.24, 2.45) is 11.8 Å². The molecule has 0 radical (unpaired) electrons. The number of carboxylic acids is 1. The van der Waals surface area contributed by atoms with Crippen molar-refractivity contribution in [2.45, 2.75) is 97.6 Å². The van der Waals surface area contributed by atoms with E-state index in [9.17, 15) is 50.6 Å². The smallest absolute Gasteiger partial charge is 0.870 e. The molecule has 0 aromatic carbocycles. The van der Waals surface area contributed by atoms with Gasteiger partial charge in [-0.3, -0.25) is 9.59 Å². The summed E-state index contributed by atoms with van der Waals surface area (Å²) in [6.07, 6.45) is -4.09. The van der Waals surface area contributed by atoms with E-state index in [4.69, 9.17) is 4.74 Å². The third-order valence-electron chi connectivity index (χ3n) is 9.13. The summed E-state index contributed by atoms with van der Waals surface area (Å²) in [4.78, 5) is 52.5. The van der Waals surface area contributed by atoms with Gasteiger partial charge in [0.15, 0.2) is 0 Å². The summed E-state index contributed by atoms with van der Waals surface area (Å²) < 4.78 is 87.2. The number of ether oxygens (including phenoxy) is 1. The van der Waals surface area contributed by atoms with Crippen molar-refractivity contribution in [3.63, 3.8) is 0 Å². The van der Waals surface area contributed by atoms with E-state index in [1.54, 1.807) is 20.8 Å². The zero-order valence-corrected chi connectivity index (χ0v) is 31.8. The molecule has 2 aromatic rings. The summed E-state index contributed by atoms with van der Waals surface area (Å²) >= 11 is 0. The quantitative estimate of drug-likeness (QED) is 0.164. The average Bonchev–Trinajstić information content (AvgIpc) is 2.97. The van der Waals surface area contributed by atoms with Crippen LogP contribution in [0.5, 0.6) is 0 Å². The number of pyridine rings is 2. The van der Waals surface area contributed by atoms with E-state index in [1.165, 1.54) is 6.20 Å². The normalized spacial score (nSPS) is 15.9. The van der Waals surface area contributed by atoms with Crippen LogP contribution < -0.4 is 30.0 Å². The Morgan fingerprint density at radius 2 is 1.11 bits per heavy atom. The van der Waals surface area contributed by atoms with Gasteiger partial charge in [0.05, 0.1) is 17.7 Å². The van der Waals surface area contributed by atoms with E-state index in [1.807, 2.05) is 18.7 Å². The zero-order valence-electron chi connectivity index (χ0n) is 31.8. The van der Waals surface area contributed by atoms with Gasteiger partial charge in [0.2, 0.25) is 0 Å². The molecule has 4 rings (SSSR count). The average molecular weight is 773 g/mol. The predicted molar refractivity (Wildman–Crippen MR) is 184 cm³/mol. The largest absolute Gasteiger partial charge is 1.00 e. The molecule has 0 aliphatic carbocycles. The van der Waals surface area contributed by atoms with Crippen molar-refractivity contribution in [1.29, 1.82) is 0 Å². The minimum Gasteiger partial charge on any atom is -0.870 e. The molecule has 2 unspecified atom stereocenters. The second-order valence-electron chi connectivity index (χ2n) is 14.2. The molecule has 54 heavy (non-hydrogen) atoms. The van der Waals surface area contributed by atoms with Crippen LogP contribution in [0.1, 0.15) is 94.6 Å². The zero-order chi connectivity index (χ0) is 39.0. The standard InChI is InChI=1S/C19H27F3N2O3.C17H23F3N2O3.Li.H2O/c1-4-27-18(26)16(10-13(2)3)24-12-14(6-9-23-7-5-8-23)15(11-17(24)25)19(20,21)22;1-11(2)8-14(16(24)25)22-10-12(4-7-21-5-3-6-21)13(9-15(22)23)17(18,19)20;;/h11-13,16H,4-10H2,1-3H3;9-11,14H,3-8H2,1-2H3,(H,24,25);;1H2/q;;+1;/p-1. The molecule has 2 N–H and O–H groups in total. The third-order valence-corrected chi connectivity index (χ3v) is 9.13. The molecule has 2 fully saturated rings. The van der Waals surface area contributed by atoms with Gasteiger partial charge in [-0.05, 0) is 94.6 Å². The third kappa shape index (κ3) is 13.9. The van der Waals surface area contributed by atoms with E-state index in [-0.39, 0.29) is 73.2 Å². The van der Waals surface area contributed by atoms with E-state index in [0.29, 0.717) is 31.6 Å². The molecule has 2 aliphatic heterocycles. The maximum Gasteiger partial charge on any atom is 1.00 e. The van der Waals surface area contributed by atoms with Crippen molar-refractivity contribution in [2.75, 3.05) is 45.9 Å². The van der Waals surface area contributed by atoms with Crippen LogP contribution in [0.4, 0.5) is 26.3 Å². The first kappa shape index (κ1) is 48.9. The van der Waals surface area contributed by atoms with E-state index in [2.05, 4.69) is 4.90 Å². The van der Waals surface area contributed by atoms with Crippen LogP contribution >= 0.6 is 0 Å². The molecule has 0 spiro atoms. The van der Waals surface area contributed by atoms with Crippen LogP contribution in [-0.4, -0.2) is 87.3 Å². The number of esters is 1. The van der Waals surface area contributed by atoms with Crippen molar-refractivity contribution in [3.05, 3.63) is 67.5 Å². The van der Waals surface area contributed by atoms with Crippen molar-refractivity contribution in [3.8, 4) is 0 Å². The number of alkyl halides is 6. The molecular formula is C36H51F6LiN4O7. The molecule has 2 aromatic heterocycles. The Kier molecular flexibility index (Phi) is 19.3. The Balaban J connectivity index is 0.000000522. The van der Waals surface area contributed by atoms with Gasteiger partial charge in [-0.1, -0.05) is 27.7 Å². The summed E-state index contributed by atoms with van der Waals surface area (Å²) in [5, 5.41) is 9.40. The summed E-state index contributed by atoms with van der Waals surface area (Å²) in [7, 11) is 0. The van der Waals surface area contributed by atoms with Gasteiger partial charge in [-0.15, -0.1) is 0 Å². The minimum atomic E-state index is -4.64. The van der Waals surface area contributed by atoms with Gasteiger partial charge in [0.25, 0.3) is 11.1 Å². The number of halogens is 6. The molecule has 300 valence electrons. The second kappa shape index (κ2) is 21.3. The summed E-state index contributed by atoms with van der Waals surface area (Å²) in [6, 6.07) is -0.959. The number of aromatic nitrogens is 2. The summed E-state index contributed by atoms with van der Waals surface area (Å²) in [6.45, 7) is 13.6. The molecule has 2 aliphatic rings. The Morgan fingerprint density at radius 3 is 1.41 bits per heavy atom. The SMILES string of the molecule is CC(C)CC(C(=O)O)n1cc(CCN2CCC2)c(C(F)(F)F)cc1=O.CCOC(=O)C(CC(C)C)n1cc(CCN2CCC2)c(C(F)(F)F)cc1=O.[Li+].[OH-]. The van der Waals surface area contributed by atoms with E-state index >= 15 is 0 Å². The molecule has 11 nitrogen and oxygen atoms in total. The second-order valence-corrected chi connectivity index (χ2v) is 14.2. The molecule has 2 atom stereocenters. The first-order valence-corrected chi connectivity index (χ1v) is 17.7. The Morgan fingerprint density at radius 1 is 0.741 bits per heavy atom. The maximum atomic E-state index is 13.4. The molecule has 18 heteroatoms. The Hall–Kier alpha value is -3.10. The molecule has 0 bridgehead atoms. The van der Waals surface area contributed by atoms with Gasteiger partial charge in [0.1, 0.15) is 12.1 Å². The number of hydrogen-bond acceptors (Lipinski definition) is 8. The van der Waals surface area contributed by atoms with E-state index in [0.717, 1.165) is 54.4 Å². The minimum absolute atomic E-state index is 0. The first-order chi connectivity index (χ1) is 24.2. The summed E-state index contributed by atoms with van der Waals surface area (Å²) in [5.74, 6) is -1.76. The fraction of sp³-hybridized carbons (Fsp3) is 0.667. The van der Waals surface area contributed by atoms with Gasteiger partial charge < -0.3 is 34.3 Å². The molecule has 4 heterocycles. The topological polar surface area (TPSA) is 144 Å². The Bertz CT molecular complexity index is 1640. The first-order valence-electron chi connectivity index (χ1n) is 17.7. The van der Waals surface area contributed by atoms with Gasteiger partial charge in [-0.25, -0.2) is 9.59 Å². The van der Waals surface area contributed by atoms with Crippen molar-refractivity contribution < 1.29 is 70.1 Å². The molecule has 2 saturated heterocycles. The number of carbonyl (C=O) groups is 2. The predicted octanol–water partition coefficient (Wildman–Crippen LogP) is 2.88. The van der Waals surface area contributed by atoms with Gasteiger partial charge in [0, 0.05) is 37.6 Å². The van der Waals surface area contributed by atoms with Crippen LogP contribution in [-0.2, 0) is 39.5 Å². The van der Waals surface area contributed by atoms with Crippen LogP contribution in [0.3, 0.4) is 0 Å². The fourth-order valence-corrected chi connectivity index (χ4v) is 6.15. The van der Waals surface area contributed by atoms with Crippen molar-refractivity contribution in [1.82, 2.24) is 18.9 Å². The van der Waals surface area contributed by atoms with Gasteiger partial charge >= 0.3 is 43.2 Å². The number of nitrogens with zero attached hydrogens (tertiary/aromatic N) is 4. The number of rotatable bonds is 15. The number of carboxylic acid groups (broad SMARTS) is 1. The summed E-state index contributed by atoms with van der Waals surface area (Å²) in [5.41, 5.74) is -3.66. The number of likely N-dealkylation sites (tertiary alicyclic amines) is 2. The van der Waals surface area contributed by atoms with Crippen LogP contribution in [0, 0.1) is 11.8 Å². The Labute approximate surface area is 323 Å². The number of aliphatic carboxylic acids is 1. The van der Waals surface area contributed by atoms with Crippen LogP contribution in [0.2, 0.25) is 0 Å². The fourth-order valence-electron chi connectivity index (χ4n) is 6.15. The molecule has 0 amide bonds. The number of hydrogen-bond donors (Lipinski definition) is 1. The monoisotopic (exact) mass is 772 g/mol. The van der Waals surface area contributed by atoms with Crippen LogP contribution in [0.15, 0.2) is 34.1 Å². The molecule has 0 saturated carbocycles.